The van der Waals surface area contributed by atoms with E-state index in [1.807, 2.05) is 0 Å². The minimum absolute atomic E-state index is 0.0315. The minimum atomic E-state index is -3.55. The van der Waals surface area contributed by atoms with Gasteiger partial charge < -0.3 is 16.0 Å². The van der Waals surface area contributed by atoms with Crippen LogP contribution in [0.1, 0.15) is 35.2 Å². The van der Waals surface area contributed by atoms with Crippen molar-refractivity contribution in [1.82, 2.24) is 10.2 Å². The molecule has 9 heteroatoms. The molecular weight excluding hydrogens is 433 g/mol. The number of benzene rings is 2. The maximum Gasteiger partial charge on any atom is 0.252 e. The molecule has 1 fully saturated rings. The average molecular weight is 462 g/mol. The number of sulfone groups is 1. The number of carbonyl (C=O) groups excluding carboxylic acids is 2. The second-order valence-corrected chi connectivity index (χ2v) is 10.1. The largest absolute Gasteiger partial charge is 0.350 e. The lowest BCUT2D eigenvalue weighted by Crippen LogP contribution is -2.45. The molecule has 0 radical (unpaired) electrons. The Bertz CT molecular complexity index is 1090. The number of halogens is 1. The Kier molecular flexibility index (Phi) is 7.63. The van der Waals surface area contributed by atoms with Crippen molar-refractivity contribution >= 4 is 21.7 Å². The van der Waals surface area contributed by atoms with Gasteiger partial charge >= 0.3 is 0 Å². The molecule has 32 heavy (non-hydrogen) atoms. The third-order valence-corrected chi connectivity index (χ3v) is 6.76. The van der Waals surface area contributed by atoms with Gasteiger partial charge in [-0.2, -0.15) is 0 Å². The highest BCUT2D eigenvalue weighted by Gasteiger charge is 2.30. The standard InChI is InChI=1S/C23H28FN3O4S/c1-32(30,31)21-11-5-3-9-19(21)23(29)26-15-18-8-6-12-27(18)22(28)14-17(25)13-16-7-2-4-10-20(16)24/h2-5,7,9-11,17-18H,6,8,12-15,25H2,1H3,(H,26,29)/t17-,18+/m1/s1. The van der Waals surface area contributed by atoms with Gasteiger partial charge in [0.15, 0.2) is 9.84 Å². The zero-order valence-corrected chi connectivity index (χ0v) is 18.8. The molecule has 0 saturated carbocycles. The molecule has 1 aliphatic rings. The maximum absolute atomic E-state index is 13.8. The van der Waals surface area contributed by atoms with Crippen molar-refractivity contribution in [3.63, 3.8) is 0 Å². The van der Waals surface area contributed by atoms with E-state index in [0.29, 0.717) is 12.1 Å². The number of nitrogens with two attached hydrogens (primary N) is 1. The lowest BCUT2D eigenvalue weighted by molar-refractivity contribution is -0.132. The molecule has 0 aromatic heterocycles. The number of nitrogens with zero attached hydrogens (tertiary/aromatic N) is 1. The quantitative estimate of drug-likeness (QED) is 0.624. The SMILES string of the molecule is CS(=O)(=O)c1ccccc1C(=O)NC[C@@H]1CCCN1C(=O)C[C@H](N)Cc1ccccc1F. The molecular formula is C23H28FN3O4S. The van der Waals surface area contributed by atoms with Gasteiger partial charge in [0.25, 0.3) is 5.91 Å². The van der Waals surface area contributed by atoms with Gasteiger partial charge in [-0.15, -0.1) is 0 Å². The third kappa shape index (κ3) is 5.92. The number of rotatable bonds is 8. The summed E-state index contributed by atoms with van der Waals surface area (Å²) in [4.78, 5) is 27.1. The Morgan fingerprint density at radius 1 is 1.19 bits per heavy atom. The third-order valence-electron chi connectivity index (χ3n) is 5.60. The van der Waals surface area contributed by atoms with Crippen molar-refractivity contribution in [1.29, 1.82) is 0 Å². The fourth-order valence-corrected chi connectivity index (χ4v) is 4.91. The molecule has 1 saturated heterocycles. The Morgan fingerprint density at radius 2 is 1.88 bits per heavy atom. The van der Waals surface area contributed by atoms with Gasteiger partial charge in [0.05, 0.1) is 10.5 Å². The van der Waals surface area contributed by atoms with Crippen LogP contribution in [0.3, 0.4) is 0 Å². The smallest absolute Gasteiger partial charge is 0.252 e. The van der Waals surface area contributed by atoms with E-state index in [-0.39, 0.29) is 47.6 Å². The number of hydrogen-bond acceptors (Lipinski definition) is 5. The van der Waals surface area contributed by atoms with E-state index in [2.05, 4.69) is 5.32 Å². The van der Waals surface area contributed by atoms with E-state index in [4.69, 9.17) is 5.73 Å². The first-order valence-electron chi connectivity index (χ1n) is 10.5. The van der Waals surface area contributed by atoms with Crippen LogP contribution in [0.2, 0.25) is 0 Å². The number of likely N-dealkylation sites (tertiary alicyclic amines) is 1. The summed E-state index contributed by atoms with van der Waals surface area (Å²) in [7, 11) is -3.55. The molecule has 1 heterocycles. The van der Waals surface area contributed by atoms with Crippen LogP contribution in [0.15, 0.2) is 53.4 Å². The predicted molar refractivity (Wildman–Crippen MR) is 119 cm³/mol. The Hall–Kier alpha value is -2.78. The first-order chi connectivity index (χ1) is 15.2. The second-order valence-electron chi connectivity index (χ2n) is 8.12. The van der Waals surface area contributed by atoms with Gasteiger partial charge in [-0.25, -0.2) is 12.8 Å². The summed E-state index contributed by atoms with van der Waals surface area (Å²) in [5.74, 6) is -0.977. The summed E-state index contributed by atoms with van der Waals surface area (Å²) < 4.78 is 37.7. The summed E-state index contributed by atoms with van der Waals surface area (Å²) in [5.41, 5.74) is 6.66. The summed E-state index contributed by atoms with van der Waals surface area (Å²) in [6.45, 7) is 0.775. The molecule has 2 atom stereocenters. The van der Waals surface area contributed by atoms with Crippen molar-refractivity contribution in [2.45, 2.75) is 42.7 Å². The molecule has 2 amide bonds. The van der Waals surface area contributed by atoms with Gasteiger partial charge in [0.2, 0.25) is 5.91 Å². The first kappa shape index (κ1) is 23.9. The van der Waals surface area contributed by atoms with Crippen molar-refractivity contribution in [3.8, 4) is 0 Å². The Morgan fingerprint density at radius 3 is 2.59 bits per heavy atom. The van der Waals surface area contributed by atoms with Gasteiger partial charge in [-0.3, -0.25) is 9.59 Å². The number of nitrogens with one attached hydrogen (secondary N) is 1. The number of amides is 2. The molecule has 0 bridgehead atoms. The van der Waals surface area contributed by atoms with Crippen LogP contribution in [0.4, 0.5) is 4.39 Å². The molecule has 0 spiro atoms. The van der Waals surface area contributed by atoms with E-state index in [0.717, 1.165) is 19.1 Å². The highest BCUT2D eigenvalue weighted by atomic mass is 32.2. The summed E-state index contributed by atoms with van der Waals surface area (Å²) in [5, 5.41) is 2.76. The minimum Gasteiger partial charge on any atom is -0.350 e. The van der Waals surface area contributed by atoms with Gasteiger partial charge in [0.1, 0.15) is 5.82 Å². The highest BCUT2D eigenvalue weighted by Crippen LogP contribution is 2.20. The molecule has 2 aromatic rings. The fraction of sp³-hybridized carbons (Fsp3) is 0.391. The van der Waals surface area contributed by atoms with Crippen LogP contribution >= 0.6 is 0 Å². The van der Waals surface area contributed by atoms with Gasteiger partial charge in [-0.1, -0.05) is 30.3 Å². The summed E-state index contributed by atoms with van der Waals surface area (Å²) >= 11 is 0. The van der Waals surface area contributed by atoms with Crippen LogP contribution in [0.25, 0.3) is 0 Å². The fourth-order valence-electron chi connectivity index (χ4n) is 4.02. The molecule has 7 nitrogen and oxygen atoms in total. The highest BCUT2D eigenvalue weighted by molar-refractivity contribution is 7.90. The maximum atomic E-state index is 13.8. The van der Waals surface area contributed by atoms with Crippen LogP contribution in [-0.2, 0) is 21.1 Å². The van der Waals surface area contributed by atoms with E-state index >= 15 is 0 Å². The van der Waals surface area contributed by atoms with Crippen LogP contribution in [0, 0.1) is 5.82 Å². The van der Waals surface area contributed by atoms with Crippen LogP contribution in [0.5, 0.6) is 0 Å². The summed E-state index contributed by atoms with van der Waals surface area (Å²) in [6, 6.07) is 11.7. The Balaban J connectivity index is 1.58. The molecule has 0 unspecified atom stereocenters. The number of hydrogen-bond donors (Lipinski definition) is 2. The molecule has 0 aliphatic carbocycles. The molecule has 2 aromatic carbocycles. The molecule has 1 aliphatic heterocycles. The predicted octanol–water partition coefficient (Wildman–Crippen LogP) is 1.91. The second kappa shape index (κ2) is 10.2. The van der Waals surface area contributed by atoms with Gasteiger partial charge in [-0.05, 0) is 43.0 Å². The van der Waals surface area contributed by atoms with Crippen molar-refractivity contribution in [2.75, 3.05) is 19.3 Å². The van der Waals surface area contributed by atoms with E-state index in [1.165, 1.54) is 18.2 Å². The number of carbonyl (C=O) groups is 2. The topological polar surface area (TPSA) is 110 Å². The van der Waals surface area contributed by atoms with E-state index in [1.54, 1.807) is 35.2 Å². The molecule has 3 rings (SSSR count). The van der Waals surface area contributed by atoms with E-state index in [9.17, 15) is 22.4 Å². The molecule has 3 N–H and O–H groups in total. The summed E-state index contributed by atoms with van der Waals surface area (Å²) in [6.07, 6.45) is 2.92. The lowest BCUT2D eigenvalue weighted by Gasteiger charge is -2.26. The molecule has 172 valence electrons. The van der Waals surface area contributed by atoms with E-state index < -0.39 is 21.8 Å². The first-order valence-corrected chi connectivity index (χ1v) is 12.4. The lowest BCUT2D eigenvalue weighted by atomic mass is 10.0. The van der Waals surface area contributed by atoms with Crippen LogP contribution in [-0.4, -0.2) is 56.6 Å². The van der Waals surface area contributed by atoms with Crippen molar-refractivity contribution in [2.24, 2.45) is 5.73 Å². The van der Waals surface area contributed by atoms with Crippen molar-refractivity contribution < 1.29 is 22.4 Å². The normalized spacial score (nSPS) is 17.2. The average Bonchev–Trinajstić information content (AvgIpc) is 3.22. The Labute approximate surface area is 187 Å². The van der Waals surface area contributed by atoms with Gasteiger partial charge in [0, 0.05) is 37.8 Å². The zero-order valence-electron chi connectivity index (χ0n) is 18.0. The van der Waals surface area contributed by atoms with Crippen molar-refractivity contribution in [3.05, 3.63) is 65.5 Å². The zero-order chi connectivity index (χ0) is 23.3. The van der Waals surface area contributed by atoms with Crippen LogP contribution < -0.4 is 11.1 Å². The monoisotopic (exact) mass is 461 g/mol.